The molecule has 1 unspecified atom stereocenters. The van der Waals surface area contributed by atoms with Gasteiger partial charge in [-0.1, -0.05) is 13.8 Å². The summed E-state index contributed by atoms with van der Waals surface area (Å²) >= 11 is 4.09. The van der Waals surface area contributed by atoms with Crippen LogP contribution in [0.1, 0.15) is 40.0 Å². The lowest BCUT2D eigenvalue weighted by Gasteiger charge is -2.38. The number of thioether (sulfide) groups is 2. The van der Waals surface area contributed by atoms with E-state index >= 15 is 0 Å². The molecule has 4 heteroatoms. The van der Waals surface area contributed by atoms with E-state index in [9.17, 15) is 4.79 Å². The maximum atomic E-state index is 11.2. The first-order chi connectivity index (χ1) is 8.49. The van der Waals surface area contributed by atoms with Crippen molar-refractivity contribution in [3.8, 4) is 0 Å². The van der Waals surface area contributed by atoms with Gasteiger partial charge in [-0.2, -0.15) is 0 Å². The highest BCUT2D eigenvalue weighted by molar-refractivity contribution is 8.17. The van der Waals surface area contributed by atoms with Crippen LogP contribution in [0.25, 0.3) is 0 Å². The smallest absolute Gasteiger partial charge is 0.303 e. The second-order valence-electron chi connectivity index (χ2n) is 5.69. The summed E-state index contributed by atoms with van der Waals surface area (Å²) in [6.07, 6.45) is 5.74. The molecule has 0 aromatic heterocycles. The molecule has 1 fully saturated rings. The molecule has 0 radical (unpaired) electrons. The summed E-state index contributed by atoms with van der Waals surface area (Å²) in [5.41, 5.74) is 1.55. The van der Waals surface area contributed by atoms with Crippen LogP contribution in [-0.2, 0) is 9.53 Å². The van der Waals surface area contributed by atoms with Crippen molar-refractivity contribution < 1.29 is 9.53 Å². The van der Waals surface area contributed by atoms with Crippen molar-refractivity contribution in [2.24, 2.45) is 5.41 Å². The largest absolute Gasteiger partial charge is 0.458 e. The van der Waals surface area contributed by atoms with Crippen LogP contribution in [0.4, 0.5) is 0 Å². The van der Waals surface area contributed by atoms with Gasteiger partial charge in [0.05, 0.1) is 4.58 Å². The molecule has 0 bridgehead atoms. The number of hydrogen-bond donors (Lipinski definition) is 0. The predicted molar refractivity (Wildman–Crippen MR) is 80.0 cm³/mol. The normalized spacial score (nSPS) is 28.6. The lowest BCUT2D eigenvalue weighted by molar-refractivity contribution is -0.149. The molecule has 102 valence electrons. The standard InChI is InChI=1S/C14H22O2S2/c1-10(15)16-12-9-11(5-6-14(12,2)3)13-17-7-4-8-18-13/h9,12-13H,4-8H2,1-3H3. The summed E-state index contributed by atoms with van der Waals surface area (Å²) in [5, 5.41) is 0. The third kappa shape index (κ3) is 3.47. The van der Waals surface area contributed by atoms with Gasteiger partial charge in [-0.25, -0.2) is 0 Å². The molecule has 1 aliphatic carbocycles. The van der Waals surface area contributed by atoms with E-state index in [0.29, 0.717) is 4.58 Å². The lowest BCUT2D eigenvalue weighted by atomic mass is 9.76. The van der Waals surface area contributed by atoms with Crippen molar-refractivity contribution in [1.82, 2.24) is 0 Å². The Bertz CT molecular complexity index is 344. The molecule has 0 N–H and O–H groups in total. The Kier molecular flexibility index (Phi) is 4.70. The summed E-state index contributed by atoms with van der Waals surface area (Å²) in [5.74, 6) is 2.35. The first-order valence-electron chi connectivity index (χ1n) is 6.60. The predicted octanol–water partition coefficient (Wildman–Crippen LogP) is 3.86. The zero-order valence-electron chi connectivity index (χ0n) is 11.4. The zero-order chi connectivity index (χ0) is 13.2. The number of rotatable bonds is 2. The van der Waals surface area contributed by atoms with Crippen LogP contribution in [0.5, 0.6) is 0 Å². The first-order valence-corrected chi connectivity index (χ1v) is 8.70. The van der Waals surface area contributed by atoms with Gasteiger partial charge in [0.2, 0.25) is 0 Å². The third-order valence-corrected chi connectivity index (χ3v) is 6.69. The molecular weight excluding hydrogens is 264 g/mol. The fraction of sp³-hybridized carbons (Fsp3) is 0.786. The van der Waals surface area contributed by atoms with Gasteiger partial charge in [0, 0.05) is 12.3 Å². The summed E-state index contributed by atoms with van der Waals surface area (Å²) in [6.45, 7) is 5.88. The summed E-state index contributed by atoms with van der Waals surface area (Å²) in [4.78, 5) is 11.2. The second kappa shape index (κ2) is 5.91. The number of hydrogen-bond acceptors (Lipinski definition) is 4. The van der Waals surface area contributed by atoms with E-state index in [1.165, 1.54) is 30.4 Å². The summed E-state index contributed by atoms with van der Waals surface area (Å²) in [7, 11) is 0. The van der Waals surface area contributed by atoms with E-state index in [1.807, 2.05) is 23.5 Å². The molecule has 1 aliphatic heterocycles. The third-order valence-electron chi connectivity index (χ3n) is 3.62. The topological polar surface area (TPSA) is 26.3 Å². The van der Waals surface area contributed by atoms with Gasteiger partial charge < -0.3 is 4.74 Å². The molecule has 1 saturated heterocycles. The minimum absolute atomic E-state index is 0.0538. The average Bonchev–Trinajstić information content (AvgIpc) is 2.32. The number of carbonyl (C=O) groups is 1. The van der Waals surface area contributed by atoms with E-state index in [0.717, 1.165) is 12.8 Å². The van der Waals surface area contributed by atoms with Crippen LogP contribution in [0.3, 0.4) is 0 Å². The van der Waals surface area contributed by atoms with Crippen molar-refractivity contribution in [3.63, 3.8) is 0 Å². The monoisotopic (exact) mass is 286 g/mol. The Labute approximate surface area is 118 Å². The van der Waals surface area contributed by atoms with E-state index in [1.54, 1.807) is 0 Å². The van der Waals surface area contributed by atoms with Gasteiger partial charge in [0.25, 0.3) is 0 Å². The Morgan fingerprint density at radius 3 is 2.67 bits per heavy atom. The molecule has 18 heavy (non-hydrogen) atoms. The maximum Gasteiger partial charge on any atom is 0.303 e. The molecule has 1 atom stereocenters. The van der Waals surface area contributed by atoms with Crippen LogP contribution in [0, 0.1) is 5.41 Å². The van der Waals surface area contributed by atoms with Crippen molar-refractivity contribution in [1.29, 1.82) is 0 Å². The van der Waals surface area contributed by atoms with Gasteiger partial charge in [-0.3, -0.25) is 4.79 Å². The molecule has 0 amide bonds. The van der Waals surface area contributed by atoms with Crippen LogP contribution in [0.15, 0.2) is 11.6 Å². The number of carbonyl (C=O) groups excluding carboxylic acids is 1. The molecule has 0 aromatic carbocycles. The summed E-state index contributed by atoms with van der Waals surface area (Å²) < 4.78 is 6.08. The average molecular weight is 286 g/mol. The quantitative estimate of drug-likeness (QED) is 0.569. The molecule has 2 rings (SSSR count). The zero-order valence-corrected chi connectivity index (χ0v) is 13.0. The SMILES string of the molecule is CC(=O)OC1C=C(C2SCCCS2)CCC1(C)C. The molecule has 0 spiro atoms. The molecule has 0 aromatic rings. The van der Waals surface area contributed by atoms with Crippen LogP contribution in [0.2, 0.25) is 0 Å². The second-order valence-corrected chi connectivity index (χ2v) is 8.41. The van der Waals surface area contributed by atoms with Crippen molar-refractivity contribution in [2.45, 2.75) is 50.7 Å². The number of esters is 1. The van der Waals surface area contributed by atoms with Gasteiger partial charge in [0.15, 0.2) is 0 Å². The molecule has 2 nitrogen and oxygen atoms in total. The minimum Gasteiger partial charge on any atom is -0.458 e. The fourth-order valence-electron chi connectivity index (χ4n) is 2.38. The highest BCUT2D eigenvalue weighted by Gasteiger charge is 2.36. The molecular formula is C14H22O2S2. The Morgan fingerprint density at radius 2 is 2.06 bits per heavy atom. The highest BCUT2D eigenvalue weighted by atomic mass is 32.2. The van der Waals surface area contributed by atoms with E-state index in [4.69, 9.17) is 4.74 Å². The Morgan fingerprint density at radius 1 is 1.39 bits per heavy atom. The highest BCUT2D eigenvalue weighted by Crippen LogP contribution is 2.44. The van der Waals surface area contributed by atoms with Crippen molar-refractivity contribution >= 4 is 29.5 Å². The van der Waals surface area contributed by atoms with Crippen LogP contribution in [-0.4, -0.2) is 28.2 Å². The molecule has 1 heterocycles. The van der Waals surface area contributed by atoms with Crippen LogP contribution < -0.4 is 0 Å². The fourth-order valence-corrected chi connectivity index (χ4v) is 5.40. The van der Waals surface area contributed by atoms with E-state index < -0.39 is 0 Å². The number of ether oxygens (including phenoxy) is 1. The Hall–Kier alpha value is -0.0900. The van der Waals surface area contributed by atoms with Gasteiger partial charge in [0.1, 0.15) is 6.10 Å². The van der Waals surface area contributed by atoms with Crippen LogP contribution >= 0.6 is 23.5 Å². The first kappa shape index (κ1) is 14.3. The molecule has 2 aliphatic rings. The molecule has 0 saturated carbocycles. The Balaban J connectivity index is 2.11. The minimum atomic E-state index is -0.172. The lowest BCUT2D eigenvalue weighted by Crippen LogP contribution is -2.36. The van der Waals surface area contributed by atoms with Crippen molar-refractivity contribution in [3.05, 3.63) is 11.6 Å². The van der Waals surface area contributed by atoms with E-state index in [-0.39, 0.29) is 17.5 Å². The van der Waals surface area contributed by atoms with Crippen molar-refractivity contribution in [2.75, 3.05) is 11.5 Å². The maximum absolute atomic E-state index is 11.2. The summed E-state index contributed by atoms with van der Waals surface area (Å²) in [6, 6.07) is 0. The van der Waals surface area contributed by atoms with Gasteiger partial charge >= 0.3 is 5.97 Å². The van der Waals surface area contributed by atoms with Gasteiger partial charge in [-0.05, 0) is 42.4 Å². The van der Waals surface area contributed by atoms with Gasteiger partial charge in [-0.15, -0.1) is 23.5 Å². The van der Waals surface area contributed by atoms with E-state index in [2.05, 4.69) is 19.9 Å².